The summed E-state index contributed by atoms with van der Waals surface area (Å²) in [6.45, 7) is 9.09. The highest BCUT2D eigenvalue weighted by atomic mass is 16.6. The highest BCUT2D eigenvalue weighted by molar-refractivity contribution is 5.71. The fraction of sp³-hybridized carbons (Fsp3) is 0.952. The summed E-state index contributed by atoms with van der Waals surface area (Å²) in [4.78, 5) is 38.3. The molecule has 0 aliphatic carbocycles. The van der Waals surface area contributed by atoms with Crippen LogP contribution >= 0.6 is 0 Å². The summed E-state index contributed by atoms with van der Waals surface area (Å²) in [5, 5.41) is 0. The van der Waals surface area contributed by atoms with Gasteiger partial charge >= 0.3 is 17.9 Å². The van der Waals surface area contributed by atoms with E-state index in [0.29, 0.717) is 19.3 Å². The second-order valence-corrected chi connectivity index (χ2v) is 22.2. The molecule has 0 spiro atoms. The lowest BCUT2D eigenvalue weighted by molar-refractivity contribution is -0.167. The first-order chi connectivity index (χ1) is 33.9. The molecule has 0 bridgehead atoms. The number of ether oxygens (including phenoxy) is 3. The Kier molecular flexibility index (Phi) is 56.0. The van der Waals surface area contributed by atoms with Crippen molar-refractivity contribution in [1.29, 1.82) is 0 Å². The lowest BCUT2D eigenvalue weighted by Crippen LogP contribution is -2.30. The molecular formula is C63H122O6. The molecule has 410 valence electrons. The van der Waals surface area contributed by atoms with E-state index in [1.165, 1.54) is 257 Å². The van der Waals surface area contributed by atoms with Crippen LogP contribution in [0.5, 0.6) is 0 Å². The largest absolute Gasteiger partial charge is 0.462 e. The molecule has 0 aromatic rings. The summed E-state index contributed by atoms with van der Waals surface area (Å²) in [7, 11) is 0. The van der Waals surface area contributed by atoms with Crippen molar-refractivity contribution in [2.75, 3.05) is 13.2 Å². The van der Waals surface area contributed by atoms with E-state index in [0.717, 1.165) is 63.7 Å². The van der Waals surface area contributed by atoms with Crippen molar-refractivity contribution in [2.45, 2.75) is 368 Å². The molecular weight excluding hydrogens is 853 g/mol. The van der Waals surface area contributed by atoms with Gasteiger partial charge in [0.15, 0.2) is 6.10 Å². The Hall–Kier alpha value is -1.59. The maximum Gasteiger partial charge on any atom is 0.306 e. The second kappa shape index (κ2) is 57.3. The molecule has 0 saturated carbocycles. The van der Waals surface area contributed by atoms with Crippen molar-refractivity contribution >= 4 is 17.9 Å². The third-order valence-electron chi connectivity index (χ3n) is 14.5. The van der Waals surface area contributed by atoms with Crippen LogP contribution in [0.4, 0.5) is 0 Å². The average molecular weight is 976 g/mol. The van der Waals surface area contributed by atoms with Gasteiger partial charge < -0.3 is 14.2 Å². The number of esters is 3. The quantitative estimate of drug-likeness (QED) is 0.0343. The number of carbonyl (C=O) groups excluding carboxylic acids is 3. The molecule has 6 heteroatoms. The first-order valence-corrected chi connectivity index (χ1v) is 31.4. The minimum absolute atomic E-state index is 0.0612. The molecule has 1 atom stereocenters. The predicted octanol–water partition coefficient (Wildman–Crippen LogP) is 21.0. The summed E-state index contributed by atoms with van der Waals surface area (Å²) in [5.74, 6) is 0.0210. The molecule has 6 nitrogen and oxygen atoms in total. The molecule has 69 heavy (non-hydrogen) atoms. The molecule has 0 aliphatic heterocycles. The van der Waals surface area contributed by atoms with Crippen molar-refractivity contribution in [1.82, 2.24) is 0 Å². The van der Waals surface area contributed by atoms with Crippen LogP contribution in [0.1, 0.15) is 362 Å². The molecule has 0 rings (SSSR count). The summed E-state index contributed by atoms with van der Waals surface area (Å²) < 4.78 is 17.0. The van der Waals surface area contributed by atoms with E-state index in [1.54, 1.807) is 0 Å². The molecule has 0 aliphatic rings. The summed E-state index contributed by atoms with van der Waals surface area (Å²) in [6, 6.07) is 0. The number of carbonyl (C=O) groups is 3. The van der Waals surface area contributed by atoms with Crippen molar-refractivity contribution in [3.8, 4) is 0 Å². The van der Waals surface area contributed by atoms with E-state index in [4.69, 9.17) is 14.2 Å². The van der Waals surface area contributed by atoms with Crippen molar-refractivity contribution < 1.29 is 28.6 Å². The van der Waals surface area contributed by atoms with Gasteiger partial charge in [0.25, 0.3) is 0 Å². The van der Waals surface area contributed by atoms with Crippen molar-refractivity contribution in [3.05, 3.63) is 0 Å². The van der Waals surface area contributed by atoms with E-state index >= 15 is 0 Å². The van der Waals surface area contributed by atoms with E-state index < -0.39 is 6.10 Å². The van der Waals surface area contributed by atoms with Gasteiger partial charge in [-0.3, -0.25) is 14.4 Å². The topological polar surface area (TPSA) is 78.9 Å². The number of unbranched alkanes of at least 4 members (excludes halogenated alkanes) is 45. The number of hydrogen-bond acceptors (Lipinski definition) is 6. The van der Waals surface area contributed by atoms with Gasteiger partial charge in [0.05, 0.1) is 0 Å². The van der Waals surface area contributed by atoms with Crippen molar-refractivity contribution in [3.63, 3.8) is 0 Å². The van der Waals surface area contributed by atoms with Gasteiger partial charge in [-0.05, 0) is 25.2 Å². The minimum Gasteiger partial charge on any atom is -0.462 e. The predicted molar refractivity (Wildman–Crippen MR) is 298 cm³/mol. The number of rotatable bonds is 58. The zero-order valence-electron chi connectivity index (χ0n) is 47.3. The smallest absolute Gasteiger partial charge is 0.306 e. The Bertz CT molecular complexity index is 1040. The average Bonchev–Trinajstić information content (AvgIpc) is 3.34. The van der Waals surface area contributed by atoms with Gasteiger partial charge in [0.1, 0.15) is 13.2 Å². The molecule has 0 amide bonds. The van der Waals surface area contributed by atoms with Crippen LogP contribution < -0.4 is 0 Å². The molecule has 0 saturated heterocycles. The Morgan fingerprint density at radius 1 is 0.275 bits per heavy atom. The van der Waals surface area contributed by atoms with Crippen LogP contribution in [0.15, 0.2) is 0 Å². The van der Waals surface area contributed by atoms with Crippen LogP contribution in [-0.4, -0.2) is 37.2 Å². The standard InChI is InChI=1S/C63H122O6/c1-5-7-9-11-13-15-17-19-21-23-27-30-34-38-42-46-50-54-61(64)67-57-60(69-63(66)56-52-48-44-40-36-32-26-22-20-18-16-14-12-10-8-6-2)58-68-62(65)55-51-47-43-39-35-31-28-24-25-29-33-37-41-45-49-53-59(3)4/h59-60H,5-58H2,1-4H3/t60-/m0/s1. The molecule has 0 aromatic carbocycles. The normalized spacial score (nSPS) is 12.0. The molecule has 0 unspecified atom stereocenters. The maximum atomic E-state index is 12.9. The van der Waals surface area contributed by atoms with Crippen LogP contribution in [0, 0.1) is 5.92 Å². The van der Waals surface area contributed by atoms with E-state index in [1.807, 2.05) is 0 Å². The first kappa shape index (κ1) is 67.4. The molecule has 0 aromatic heterocycles. The van der Waals surface area contributed by atoms with E-state index in [2.05, 4.69) is 27.7 Å². The van der Waals surface area contributed by atoms with Crippen LogP contribution in [0.3, 0.4) is 0 Å². The monoisotopic (exact) mass is 975 g/mol. The molecule has 0 N–H and O–H groups in total. The Labute approximate surface area is 431 Å². The van der Waals surface area contributed by atoms with Gasteiger partial charge in [-0.1, -0.05) is 323 Å². The lowest BCUT2D eigenvalue weighted by atomic mass is 10.0. The van der Waals surface area contributed by atoms with Gasteiger partial charge in [-0.2, -0.15) is 0 Å². The van der Waals surface area contributed by atoms with Gasteiger partial charge in [0.2, 0.25) is 0 Å². The Morgan fingerprint density at radius 2 is 0.478 bits per heavy atom. The SMILES string of the molecule is CCCCCCCCCCCCCCCCCCCC(=O)OC[C@@H](COC(=O)CCCCCCCCCCCCCCCCCC(C)C)OC(=O)CCCCCCCCCCCCCCCCCC. The summed E-state index contributed by atoms with van der Waals surface area (Å²) in [6.07, 6.45) is 63.8. The summed E-state index contributed by atoms with van der Waals surface area (Å²) >= 11 is 0. The van der Waals surface area contributed by atoms with E-state index in [-0.39, 0.29) is 31.1 Å². The Balaban J connectivity index is 4.28. The van der Waals surface area contributed by atoms with Crippen molar-refractivity contribution in [2.24, 2.45) is 5.92 Å². The third-order valence-corrected chi connectivity index (χ3v) is 14.5. The lowest BCUT2D eigenvalue weighted by Gasteiger charge is -2.18. The second-order valence-electron chi connectivity index (χ2n) is 22.2. The minimum atomic E-state index is -0.762. The zero-order chi connectivity index (χ0) is 50.2. The molecule has 0 radical (unpaired) electrons. The number of hydrogen-bond donors (Lipinski definition) is 0. The summed E-state index contributed by atoms with van der Waals surface area (Å²) in [5.41, 5.74) is 0. The van der Waals surface area contributed by atoms with E-state index in [9.17, 15) is 14.4 Å². The maximum absolute atomic E-state index is 12.9. The van der Waals surface area contributed by atoms with Crippen LogP contribution in [0.2, 0.25) is 0 Å². The third kappa shape index (κ3) is 57.2. The molecule has 0 fully saturated rings. The fourth-order valence-corrected chi connectivity index (χ4v) is 9.81. The van der Waals surface area contributed by atoms with Gasteiger partial charge in [0, 0.05) is 19.3 Å². The fourth-order valence-electron chi connectivity index (χ4n) is 9.81. The van der Waals surface area contributed by atoms with Crippen LogP contribution in [-0.2, 0) is 28.6 Å². The first-order valence-electron chi connectivity index (χ1n) is 31.4. The van der Waals surface area contributed by atoms with Gasteiger partial charge in [-0.15, -0.1) is 0 Å². The molecule has 0 heterocycles. The highest BCUT2D eigenvalue weighted by Crippen LogP contribution is 2.19. The Morgan fingerprint density at radius 3 is 0.710 bits per heavy atom. The van der Waals surface area contributed by atoms with Gasteiger partial charge in [-0.25, -0.2) is 0 Å². The zero-order valence-corrected chi connectivity index (χ0v) is 47.3. The van der Waals surface area contributed by atoms with Crippen LogP contribution in [0.25, 0.3) is 0 Å². The highest BCUT2D eigenvalue weighted by Gasteiger charge is 2.19.